The number of fused-ring (bicyclic) bond motifs is 1. The van der Waals surface area contributed by atoms with E-state index in [1.807, 2.05) is 51.1 Å². The van der Waals surface area contributed by atoms with Crippen LogP contribution in [-0.4, -0.2) is 63.0 Å². The van der Waals surface area contributed by atoms with E-state index in [1.54, 1.807) is 6.92 Å². The van der Waals surface area contributed by atoms with Crippen LogP contribution in [0.15, 0.2) is 77.7 Å². The molecule has 1 aliphatic rings. The lowest BCUT2D eigenvalue weighted by Gasteiger charge is -2.33. The third kappa shape index (κ3) is 7.58. The highest BCUT2D eigenvalue weighted by atomic mass is 32.2. The van der Waals surface area contributed by atoms with E-state index in [2.05, 4.69) is 5.32 Å². The minimum Gasteiger partial charge on any atom is -0.486 e. The lowest BCUT2D eigenvalue weighted by Crippen LogP contribution is -2.55. The van der Waals surface area contributed by atoms with E-state index in [1.165, 1.54) is 35.2 Å². The maximum absolute atomic E-state index is 14.0. The number of carbonyl (C=O) groups is 2. The molecule has 2 amide bonds. The van der Waals surface area contributed by atoms with E-state index in [4.69, 9.17) is 9.47 Å². The second-order valence-electron chi connectivity index (χ2n) is 11.0. The van der Waals surface area contributed by atoms with Crippen molar-refractivity contribution in [1.82, 2.24) is 10.2 Å². The van der Waals surface area contributed by atoms with Crippen molar-refractivity contribution in [3.05, 3.63) is 84.2 Å². The van der Waals surface area contributed by atoms with Crippen LogP contribution in [0.4, 0.5) is 10.1 Å². The zero-order valence-corrected chi connectivity index (χ0v) is 25.0. The predicted octanol–water partition coefficient (Wildman–Crippen LogP) is 4.17. The summed E-state index contributed by atoms with van der Waals surface area (Å²) in [5, 5.41) is 2.90. The molecule has 42 heavy (non-hydrogen) atoms. The Hall–Kier alpha value is -4.12. The molecule has 1 N–H and O–H groups in total. The maximum Gasteiger partial charge on any atom is 0.264 e. The van der Waals surface area contributed by atoms with Gasteiger partial charge in [-0.25, -0.2) is 12.8 Å². The summed E-state index contributed by atoms with van der Waals surface area (Å²) in [6.07, 6.45) is 0.450. The molecule has 3 aromatic rings. The van der Waals surface area contributed by atoms with Crippen molar-refractivity contribution in [1.29, 1.82) is 0 Å². The van der Waals surface area contributed by atoms with Crippen molar-refractivity contribution in [2.24, 2.45) is 0 Å². The summed E-state index contributed by atoms with van der Waals surface area (Å²) in [5.74, 6) is -0.835. The smallest absolute Gasteiger partial charge is 0.264 e. The number of benzene rings is 3. The Balaban J connectivity index is 1.68. The van der Waals surface area contributed by atoms with Crippen LogP contribution in [0.25, 0.3) is 0 Å². The number of ether oxygens (including phenoxy) is 2. The van der Waals surface area contributed by atoms with Crippen molar-refractivity contribution < 1.29 is 31.9 Å². The topological polar surface area (TPSA) is 105 Å². The number of nitrogens with one attached hydrogen (secondary N) is 1. The van der Waals surface area contributed by atoms with Gasteiger partial charge in [-0.15, -0.1) is 0 Å². The van der Waals surface area contributed by atoms with Gasteiger partial charge in [-0.3, -0.25) is 13.9 Å². The lowest BCUT2D eigenvalue weighted by molar-refractivity contribution is -0.139. The van der Waals surface area contributed by atoms with E-state index < -0.39 is 39.9 Å². The molecule has 0 radical (unpaired) electrons. The summed E-state index contributed by atoms with van der Waals surface area (Å²) < 4.78 is 53.9. The van der Waals surface area contributed by atoms with Crippen molar-refractivity contribution in [2.75, 3.05) is 30.6 Å². The molecule has 0 spiro atoms. The number of carbonyl (C=O) groups excluding carboxylic acids is 2. The summed E-state index contributed by atoms with van der Waals surface area (Å²) in [7, 11) is -4.34. The second kappa shape index (κ2) is 12.8. The number of hydrogen-bond acceptors (Lipinski definition) is 6. The quantitative estimate of drug-likeness (QED) is 0.376. The van der Waals surface area contributed by atoms with Crippen LogP contribution in [0, 0.1) is 5.82 Å². The molecule has 224 valence electrons. The molecule has 1 aliphatic heterocycles. The molecule has 0 fully saturated rings. The molecule has 4 rings (SSSR count). The summed E-state index contributed by atoms with van der Waals surface area (Å²) in [4.78, 5) is 28.4. The molecule has 3 aromatic carbocycles. The zero-order valence-electron chi connectivity index (χ0n) is 24.2. The maximum atomic E-state index is 14.0. The zero-order chi connectivity index (χ0) is 30.5. The van der Waals surface area contributed by atoms with Crippen LogP contribution in [0.3, 0.4) is 0 Å². The molecule has 1 atom stereocenters. The first-order valence-corrected chi connectivity index (χ1v) is 15.1. The van der Waals surface area contributed by atoms with Gasteiger partial charge in [0.2, 0.25) is 11.8 Å². The monoisotopic (exact) mass is 597 g/mol. The number of halogens is 1. The van der Waals surface area contributed by atoms with E-state index in [9.17, 15) is 22.4 Å². The van der Waals surface area contributed by atoms with Crippen LogP contribution >= 0.6 is 0 Å². The van der Waals surface area contributed by atoms with Crippen molar-refractivity contribution in [3.8, 4) is 11.5 Å². The summed E-state index contributed by atoms with van der Waals surface area (Å²) in [6.45, 7) is 7.28. The fourth-order valence-electron chi connectivity index (χ4n) is 4.49. The molecule has 0 aromatic heterocycles. The van der Waals surface area contributed by atoms with Gasteiger partial charge in [-0.05, 0) is 76.1 Å². The Labute approximate surface area is 246 Å². The standard InChI is InChI=1S/C31H36FN3O6S/c1-22(30(37)33-31(2,3)4)34(17-16-23-8-6-5-7-9-23)29(36)21-35(25-12-10-24(32)11-13-25)42(38,39)26-14-15-27-28(20-26)41-19-18-40-27/h5-15,20,22H,16-19,21H2,1-4H3,(H,33,37). The summed E-state index contributed by atoms with van der Waals surface area (Å²) in [6, 6.07) is 17.6. The third-order valence-corrected chi connectivity index (χ3v) is 8.41. The largest absolute Gasteiger partial charge is 0.486 e. The Morgan fingerprint density at radius 3 is 2.24 bits per heavy atom. The molecule has 0 saturated heterocycles. The number of anilines is 1. The first-order chi connectivity index (χ1) is 19.8. The SMILES string of the molecule is CC(C(=O)NC(C)(C)C)N(CCc1ccccc1)C(=O)CN(c1ccc(F)cc1)S(=O)(=O)c1ccc2c(c1)OCCO2. The number of sulfonamides is 1. The van der Waals surface area contributed by atoms with E-state index in [0.717, 1.165) is 22.0 Å². The molecule has 0 bridgehead atoms. The van der Waals surface area contributed by atoms with Crippen LogP contribution in [0.2, 0.25) is 0 Å². The molecule has 11 heteroatoms. The van der Waals surface area contributed by atoms with Gasteiger partial charge in [0.15, 0.2) is 11.5 Å². The van der Waals surface area contributed by atoms with Gasteiger partial charge in [0.25, 0.3) is 10.0 Å². The van der Waals surface area contributed by atoms with E-state index >= 15 is 0 Å². The van der Waals surface area contributed by atoms with E-state index in [0.29, 0.717) is 18.8 Å². The molecule has 9 nitrogen and oxygen atoms in total. The predicted molar refractivity (Wildman–Crippen MR) is 158 cm³/mol. The first kappa shape index (κ1) is 30.8. The van der Waals surface area contributed by atoms with Gasteiger partial charge in [0.05, 0.1) is 10.6 Å². The highest BCUT2D eigenvalue weighted by molar-refractivity contribution is 7.92. The molecule has 1 unspecified atom stereocenters. The highest BCUT2D eigenvalue weighted by Crippen LogP contribution is 2.34. The first-order valence-electron chi connectivity index (χ1n) is 13.7. The normalized spacial score (nSPS) is 13.6. The van der Waals surface area contributed by atoms with Crippen LogP contribution < -0.4 is 19.1 Å². The van der Waals surface area contributed by atoms with Gasteiger partial charge in [-0.2, -0.15) is 0 Å². The van der Waals surface area contributed by atoms with Crippen molar-refractivity contribution in [2.45, 2.75) is 50.6 Å². The Bertz CT molecular complexity index is 1510. The van der Waals surface area contributed by atoms with Crippen LogP contribution in [-0.2, 0) is 26.0 Å². The number of amides is 2. The van der Waals surface area contributed by atoms with Crippen LogP contribution in [0.5, 0.6) is 11.5 Å². The van der Waals surface area contributed by atoms with Crippen LogP contribution in [0.1, 0.15) is 33.3 Å². The minimum atomic E-state index is -4.34. The fourth-order valence-corrected chi connectivity index (χ4v) is 5.92. The summed E-state index contributed by atoms with van der Waals surface area (Å²) >= 11 is 0. The van der Waals surface area contributed by atoms with Crippen molar-refractivity contribution in [3.63, 3.8) is 0 Å². The van der Waals surface area contributed by atoms with Gasteiger partial charge in [-0.1, -0.05) is 30.3 Å². The average molecular weight is 598 g/mol. The average Bonchev–Trinajstić information content (AvgIpc) is 2.95. The molecule has 0 saturated carbocycles. The Kier molecular flexibility index (Phi) is 9.40. The van der Waals surface area contributed by atoms with Gasteiger partial charge < -0.3 is 19.7 Å². The van der Waals surface area contributed by atoms with Gasteiger partial charge in [0, 0.05) is 18.2 Å². The van der Waals surface area contributed by atoms with Gasteiger partial charge >= 0.3 is 0 Å². The Morgan fingerprint density at radius 1 is 0.952 bits per heavy atom. The minimum absolute atomic E-state index is 0.0921. The Morgan fingerprint density at radius 2 is 1.60 bits per heavy atom. The van der Waals surface area contributed by atoms with Gasteiger partial charge in [0.1, 0.15) is 31.6 Å². The second-order valence-corrected chi connectivity index (χ2v) is 12.9. The number of rotatable bonds is 10. The van der Waals surface area contributed by atoms with Crippen molar-refractivity contribution >= 4 is 27.5 Å². The third-order valence-electron chi connectivity index (χ3n) is 6.64. The lowest BCUT2D eigenvalue weighted by atomic mass is 10.1. The molecular formula is C31H36FN3O6S. The van der Waals surface area contributed by atoms with E-state index in [-0.39, 0.29) is 35.4 Å². The molecule has 1 heterocycles. The number of nitrogens with zero attached hydrogens (tertiary/aromatic N) is 2. The fraction of sp³-hybridized carbons (Fsp3) is 0.355. The highest BCUT2D eigenvalue weighted by Gasteiger charge is 2.34. The summed E-state index contributed by atoms with van der Waals surface area (Å²) in [5.41, 5.74) is 0.508. The molecule has 0 aliphatic carbocycles. The number of hydrogen-bond donors (Lipinski definition) is 1. The molecular weight excluding hydrogens is 561 g/mol.